The second-order valence-corrected chi connectivity index (χ2v) is 5.90. The van der Waals surface area contributed by atoms with E-state index in [9.17, 15) is 18.0 Å². The van der Waals surface area contributed by atoms with Crippen molar-refractivity contribution in [2.75, 3.05) is 5.33 Å². The molecule has 0 N–H and O–H groups in total. The molecule has 0 saturated heterocycles. The lowest BCUT2D eigenvalue weighted by Crippen LogP contribution is -2.06. The van der Waals surface area contributed by atoms with Crippen molar-refractivity contribution in [3.63, 3.8) is 0 Å². The number of alkyl halides is 4. The molecular weight excluding hydrogens is 411 g/mol. The van der Waals surface area contributed by atoms with Gasteiger partial charge >= 0.3 is 6.18 Å². The molecule has 0 radical (unpaired) electrons. The smallest absolute Gasteiger partial charge is 0.416 e. The first-order valence-corrected chi connectivity index (χ1v) is 8.62. The predicted octanol–water partition coefficient (Wildman–Crippen LogP) is 6.22. The molecule has 26 heavy (non-hydrogen) atoms. The maximum Gasteiger partial charge on any atom is 0.416 e. The first kappa shape index (κ1) is 21.7. The number of hydrogen-bond acceptors (Lipinski definition) is 3. The summed E-state index contributed by atoms with van der Waals surface area (Å²) in [5, 5.41) is 7.55. The van der Waals surface area contributed by atoms with Gasteiger partial charge in [-0.15, -0.1) is 0 Å². The Bertz CT molecular complexity index is 786. The van der Waals surface area contributed by atoms with Crippen LogP contribution in [0.5, 0.6) is 11.5 Å². The van der Waals surface area contributed by atoms with E-state index in [0.717, 1.165) is 23.3 Å². The van der Waals surface area contributed by atoms with Gasteiger partial charge in [0.25, 0.3) is 0 Å². The lowest BCUT2D eigenvalue weighted by atomic mass is 9.99. The van der Waals surface area contributed by atoms with E-state index >= 15 is 0 Å². The molecule has 0 amide bonds. The van der Waals surface area contributed by atoms with Gasteiger partial charge in [0.15, 0.2) is 5.78 Å². The van der Waals surface area contributed by atoms with Crippen molar-refractivity contribution in [3.05, 3.63) is 58.7 Å². The van der Waals surface area contributed by atoms with Gasteiger partial charge in [0, 0.05) is 12.5 Å². The molecule has 0 atom stereocenters. The summed E-state index contributed by atoms with van der Waals surface area (Å²) < 4.78 is 43.2. The SMILES string of the molecule is CC#N.Cc1cc(Oc2ccc(C(F)(F)F)cc2)cc(C)c1C(=O)CBr. The standard InChI is InChI=1S/C17H14BrF3O2.C2H3N/c1-10-7-14(8-11(2)16(10)15(22)9-18)23-13-5-3-12(4-6-13)17(19,20)21;1-2-3/h3-8H,9H2,1-2H3;1H3. The zero-order chi connectivity index (χ0) is 19.9. The maximum absolute atomic E-state index is 12.5. The minimum Gasteiger partial charge on any atom is -0.457 e. The Balaban J connectivity index is 0.00000105. The zero-order valence-corrected chi connectivity index (χ0v) is 16.0. The van der Waals surface area contributed by atoms with Gasteiger partial charge in [-0.3, -0.25) is 4.79 Å². The Kier molecular flexibility index (Phi) is 7.84. The number of carbonyl (C=O) groups excluding carboxylic acids is 1. The lowest BCUT2D eigenvalue weighted by Gasteiger charge is -2.13. The van der Waals surface area contributed by atoms with Crippen LogP contribution in [0.2, 0.25) is 0 Å². The fourth-order valence-corrected chi connectivity index (χ4v) is 2.62. The normalized spacial score (nSPS) is 10.4. The molecule has 2 aromatic carbocycles. The van der Waals surface area contributed by atoms with Crippen molar-refractivity contribution in [2.45, 2.75) is 26.9 Å². The van der Waals surface area contributed by atoms with E-state index in [-0.39, 0.29) is 11.1 Å². The molecule has 0 unspecified atom stereocenters. The molecule has 0 fully saturated rings. The van der Waals surface area contributed by atoms with E-state index in [1.165, 1.54) is 19.1 Å². The molecule has 0 heterocycles. The Morgan fingerprint density at radius 2 is 1.58 bits per heavy atom. The van der Waals surface area contributed by atoms with Crippen LogP contribution in [0.1, 0.15) is 34.0 Å². The van der Waals surface area contributed by atoms with Gasteiger partial charge in [-0.1, -0.05) is 15.9 Å². The zero-order valence-electron chi connectivity index (χ0n) is 14.4. The summed E-state index contributed by atoms with van der Waals surface area (Å²) in [4.78, 5) is 11.9. The van der Waals surface area contributed by atoms with Crippen LogP contribution in [0, 0.1) is 25.2 Å². The van der Waals surface area contributed by atoms with Gasteiger partial charge in [-0.25, -0.2) is 0 Å². The van der Waals surface area contributed by atoms with E-state index in [2.05, 4.69) is 15.9 Å². The van der Waals surface area contributed by atoms with E-state index < -0.39 is 11.7 Å². The van der Waals surface area contributed by atoms with Crippen molar-refractivity contribution in [1.82, 2.24) is 0 Å². The number of rotatable bonds is 4. The third kappa shape index (κ3) is 5.88. The fourth-order valence-electron chi connectivity index (χ4n) is 2.34. The summed E-state index contributed by atoms with van der Waals surface area (Å²) in [7, 11) is 0. The highest BCUT2D eigenvalue weighted by molar-refractivity contribution is 9.09. The highest BCUT2D eigenvalue weighted by atomic mass is 79.9. The molecule has 7 heteroatoms. The van der Waals surface area contributed by atoms with Crippen LogP contribution in [0.3, 0.4) is 0 Å². The number of aryl methyl sites for hydroxylation is 2. The number of ketones is 1. The highest BCUT2D eigenvalue weighted by Gasteiger charge is 2.30. The van der Waals surface area contributed by atoms with Crippen LogP contribution in [0.25, 0.3) is 0 Å². The minimum atomic E-state index is -4.37. The van der Waals surface area contributed by atoms with E-state index in [1.54, 1.807) is 32.0 Å². The number of nitriles is 1. The van der Waals surface area contributed by atoms with Gasteiger partial charge in [-0.2, -0.15) is 18.4 Å². The molecule has 138 valence electrons. The summed E-state index contributed by atoms with van der Waals surface area (Å²) in [6.07, 6.45) is -4.37. The second kappa shape index (κ2) is 9.39. The van der Waals surface area contributed by atoms with Crippen molar-refractivity contribution < 1.29 is 22.7 Å². The minimum absolute atomic E-state index is 0.0268. The van der Waals surface area contributed by atoms with E-state index in [4.69, 9.17) is 10.00 Å². The maximum atomic E-state index is 12.5. The van der Waals surface area contributed by atoms with Crippen molar-refractivity contribution >= 4 is 21.7 Å². The number of nitrogens with zero attached hydrogens (tertiary/aromatic N) is 1. The Morgan fingerprint density at radius 1 is 1.12 bits per heavy atom. The van der Waals surface area contributed by atoms with Crippen LogP contribution < -0.4 is 4.74 Å². The molecule has 0 saturated carbocycles. The third-order valence-electron chi connectivity index (χ3n) is 3.32. The molecular formula is C19H17BrF3NO2. The summed E-state index contributed by atoms with van der Waals surface area (Å²) in [5.74, 6) is 0.753. The van der Waals surface area contributed by atoms with Gasteiger partial charge in [0.1, 0.15) is 11.5 Å². The molecule has 0 aliphatic carbocycles. The Hall–Kier alpha value is -2.33. The fraction of sp³-hybridized carbons (Fsp3) is 0.263. The average molecular weight is 428 g/mol. The largest absolute Gasteiger partial charge is 0.457 e. The monoisotopic (exact) mass is 427 g/mol. The van der Waals surface area contributed by atoms with Crippen molar-refractivity contribution in [3.8, 4) is 17.6 Å². The predicted molar refractivity (Wildman–Crippen MR) is 96.8 cm³/mol. The van der Waals surface area contributed by atoms with Gasteiger partial charge in [0.05, 0.1) is 17.0 Å². The van der Waals surface area contributed by atoms with Crippen molar-refractivity contribution in [1.29, 1.82) is 5.26 Å². The molecule has 0 aliphatic rings. The number of ether oxygens (including phenoxy) is 1. The van der Waals surface area contributed by atoms with Crippen LogP contribution in [0.4, 0.5) is 13.2 Å². The van der Waals surface area contributed by atoms with E-state index in [1.807, 2.05) is 0 Å². The lowest BCUT2D eigenvalue weighted by molar-refractivity contribution is -0.137. The van der Waals surface area contributed by atoms with Gasteiger partial charge in [0.2, 0.25) is 0 Å². The first-order chi connectivity index (χ1) is 12.1. The second-order valence-electron chi connectivity index (χ2n) is 5.34. The quantitative estimate of drug-likeness (QED) is 0.429. The average Bonchev–Trinajstić information content (AvgIpc) is 2.54. The molecule has 2 rings (SSSR count). The first-order valence-electron chi connectivity index (χ1n) is 7.50. The number of carbonyl (C=O) groups is 1. The molecule has 0 bridgehead atoms. The Labute approximate surface area is 158 Å². The molecule has 0 aromatic heterocycles. The molecule has 3 nitrogen and oxygen atoms in total. The van der Waals surface area contributed by atoms with Crippen LogP contribution >= 0.6 is 15.9 Å². The molecule has 0 spiro atoms. The molecule has 2 aromatic rings. The van der Waals surface area contributed by atoms with E-state index in [0.29, 0.717) is 17.1 Å². The summed E-state index contributed by atoms with van der Waals surface area (Å²) in [6, 6.07) is 9.62. The highest BCUT2D eigenvalue weighted by Crippen LogP contribution is 2.32. The summed E-state index contributed by atoms with van der Waals surface area (Å²) in [6.45, 7) is 5.02. The molecule has 0 aliphatic heterocycles. The topological polar surface area (TPSA) is 50.1 Å². The van der Waals surface area contributed by atoms with Crippen LogP contribution in [-0.2, 0) is 6.18 Å². The van der Waals surface area contributed by atoms with Gasteiger partial charge in [-0.05, 0) is 61.4 Å². The number of halogens is 4. The number of benzene rings is 2. The third-order valence-corrected chi connectivity index (χ3v) is 3.83. The summed E-state index contributed by atoms with van der Waals surface area (Å²) in [5.41, 5.74) is 1.42. The Morgan fingerprint density at radius 3 is 1.96 bits per heavy atom. The number of hydrogen-bond donors (Lipinski definition) is 0. The van der Waals surface area contributed by atoms with Crippen molar-refractivity contribution in [2.24, 2.45) is 0 Å². The summed E-state index contributed by atoms with van der Waals surface area (Å²) >= 11 is 3.14. The number of Topliss-reactive ketones (excluding diaryl/α,β-unsaturated/α-hetero) is 1. The van der Waals surface area contributed by atoms with Gasteiger partial charge < -0.3 is 4.74 Å². The van der Waals surface area contributed by atoms with Crippen LogP contribution in [0.15, 0.2) is 36.4 Å². The van der Waals surface area contributed by atoms with Crippen LogP contribution in [-0.4, -0.2) is 11.1 Å².